The molecule has 7 nitrogen and oxygen atoms in total. The van der Waals surface area contributed by atoms with Gasteiger partial charge in [-0.05, 0) is 74.3 Å². The highest BCUT2D eigenvalue weighted by Crippen LogP contribution is 2.25. The van der Waals surface area contributed by atoms with Crippen molar-refractivity contribution in [1.82, 2.24) is 25.2 Å². The van der Waals surface area contributed by atoms with Crippen molar-refractivity contribution in [3.63, 3.8) is 0 Å². The maximum atomic E-state index is 13.2. The molecule has 5 rings (SSSR count). The first-order chi connectivity index (χ1) is 17.7. The number of pyridine rings is 1. The first-order valence-corrected chi connectivity index (χ1v) is 13.5. The zero-order chi connectivity index (χ0) is 24.7. The molecule has 0 aliphatic carbocycles. The molecule has 36 heavy (non-hydrogen) atoms. The number of amides is 1. The Morgan fingerprint density at radius 3 is 2.67 bits per heavy atom. The number of thiophene rings is 1. The lowest BCUT2D eigenvalue weighted by Crippen LogP contribution is -2.39. The zero-order valence-corrected chi connectivity index (χ0v) is 21.4. The van der Waals surface area contributed by atoms with Crippen LogP contribution in [0.2, 0.25) is 0 Å². The maximum Gasteiger partial charge on any atom is 0.271 e. The van der Waals surface area contributed by atoms with E-state index in [9.17, 15) is 4.79 Å². The number of nitrogens with zero attached hydrogens (tertiary/aromatic N) is 4. The van der Waals surface area contributed by atoms with Gasteiger partial charge in [-0.3, -0.25) is 9.78 Å². The van der Waals surface area contributed by atoms with Crippen LogP contribution >= 0.6 is 11.3 Å². The average molecular weight is 501 g/mol. The molecule has 1 amide bonds. The molecule has 4 aromatic rings. The van der Waals surface area contributed by atoms with Crippen LogP contribution in [0.5, 0.6) is 0 Å². The van der Waals surface area contributed by atoms with Gasteiger partial charge in [-0.25, -0.2) is 9.97 Å². The van der Waals surface area contributed by atoms with Gasteiger partial charge in [0.2, 0.25) is 5.95 Å². The number of carbonyl (C=O) groups is 1. The fourth-order valence-corrected chi connectivity index (χ4v) is 5.47. The standard InChI is InChI=1S/C28H32N6OS/c1-20(23-9-5-6-14-29-23)31-28-32-24-13-18-36-26(24)25(33-28)27(35)30-19-22-11-16-34(17-12-22)15-10-21-7-3-2-4-8-21/h2-9,13-14,18,20,22H,10-12,15-17,19H2,1H3,(H,30,35)(H,31,32,33). The molecule has 2 N–H and O–H groups in total. The highest BCUT2D eigenvalue weighted by Gasteiger charge is 2.22. The van der Waals surface area contributed by atoms with Gasteiger partial charge in [-0.15, -0.1) is 11.3 Å². The number of likely N-dealkylation sites (tertiary alicyclic amines) is 1. The third-order valence-electron chi connectivity index (χ3n) is 6.81. The van der Waals surface area contributed by atoms with Gasteiger partial charge in [0.15, 0.2) is 5.69 Å². The van der Waals surface area contributed by atoms with E-state index in [0.29, 0.717) is 24.1 Å². The summed E-state index contributed by atoms with van der Waals surface area (Å²) in [7, 11) is 0. The van der Waals surface area contributed by atoms with Gasteiger partial charge in [0, 0.05) is 19.3 Å². The van der Waals surface area contributed by atoms with Crippen molar-refractivity contribution in [1.29, 1.82) is 0 Å². The molecule has 1 fully saturated rings. The van der Waals surface area contributed by atoms with Crippen molar-refractivity contribution in [3.8, 4) is 0 Å². The van der Waals surface area contributed by atoms with Crippen molar-refractivity contribution in [2.24, 2.45) is 5.92 Å². The van der Waals surface area contributed by atoms with Crippen LogP contribution in [0.1, 0.15) is 47.6 Å². The molecule has 1 saturated heterocycles. The summed E-state index contributed by atoms with van der Waals surface area (Å²) in [5.74, 6) is 0.796. The Balaban J connectivity index is 1.16. The molecule has 0 spiro atoms. The van der Waals surface area contributed by atoms with E-state index in [0.717, 1.165) is 54.8 Å². The van der Waals surface area contributed by atoms with Crippen molar-refractivity contribution in [2.45, 2.75) is 32.2 Å². The summed E-state index contributed by atoms with van der Waals surface area (Å²) in [6.45, 7) is 5.93. The smallest absolute Gasteiger partial charge is 0.271 e. The lowest BCUT2D eigenvalue weighted by Gasteiger charge is -2.32. The largest absolute Gasteiger partial charge is 0.350 e. The van der Waals surface area contributed by atoms with Crippen molar-refractivity contribution >= 4 is 33.4 Å². The monoisotopic (exact) mass is 500 g/mol. The summed E-state index contributed by atoms with van der Waals surface area (Å²) < 4.78 is 0.819. The summed E-state index contributed by atoms with van der Waals surface area (Å²) >= 11 is 1.50. The predicted molar refractivity (Wildman–Crippen MR) is 145 cm³/mol. The first-order valence-electron chi connectivity index (χ1n) is 12.6. The summed E-state index contributed by atoms with van der Waals surface area (Å²) in [5.41, 5.74) is 3.50. The van der Waals surface area contributed by atoms with Crippen LogP contribution in [0.15, 0.2) is 66.2 Å². The molecule has 4 heterocycles. The summed E-state index contributed by atoms with van der Waals surface area (Å²) in [6, 6.07) is 18.3. The number of fused-ring (bicyclic) bond motifs is 1. The molecule has 0 saturated carbocycles. The molecular weight excluding hydrogens is 468 g/mol. The van der Waals surface area contributed by atoms with Gasteiger partial charge in [-0.1, -0.05) is 36.4 Å². The van der Waals surface area contributed by atoms with Crippen LogP contribution in [0.4, 0.5) is 5.95 Å². The highest BCUT2D eigenvalue weighted by molar-refractivity contribution is 7.17. The van der Waals surface area contributed by atoms with Crippen LogP contribution in [0, 0.1) is 5.92 Å². The van der Waals surface area contributed by atoms with Gasteiger partial charge in [-0.2, -0.15) is 0 Å². The van der Waals surface area contributed by atoms with Gasteiger partial charge in [0.1, 0.15) is 0 Å². The molecule has 1 unspecified atom stereocenters. The van der Waals surface area contributed by atoms with Crippen LogP contribution in [0.3, 0.4) is 0 Å². The molecule has 186 valence electrons. The Kier molecular flexibility index (Phi) is 7.83. The second-order valence-corrected chi connectivity index (χ2v) is 10.3. The van der Waals surface area contributed by atoms with Crippen molar-refractivity contribution in [3.05, 3.63) is 83.1 Å². The summed E-state index contributed by atoms with van der Waals surface area (Å²) in [5, 5.41) is 8.41. The number of nitrogens with one attached hydrogen (secondary N) is 2. The molecular formula is C28H32N6OS. The molecule has 1 atom stereocenters. The Morgan fingerprint density at radius 2 is 1.89 bits per heavy atom. The predicted octanol–water partition coefficient (Wildman–Crippen LogP) is 4.94. The third kappa shape index (κ3) is 6.06. The van der Waals surface area contributed by atoms with E-state index in [-0.39, 0.29) is 11.9 Å². The topological polar surface area (TPSA) is 83.0 Å². The van der Waals surface area contributed by atoms with E-state index in [4.69, 9.17) is 0 Å². The summed E-state index contributed by atoms with van der Waals surface area (Å²) in [4.78, 5) is 29.3. The second-order valence-electron chi connectivity index (χ2n) is 9.38. The van der Waals surface area contributed by atoms with Crippen molar-refractivity contribution < 1.29 is 4.79 Å². The number of anilines is 1. The lowest BCUT2D eigenvalue weighted by molar-refractivity contribution is 0.0933. The quantitative estimate of drug-likeness (QED) is 0.339. The van der Waals surface area contributed by atoms with Crippen molar-refractivity contribution in [2.75, 3.05) is 31.5 Å². The van der Waals surface area contributed by atoms with Gasteiger partial charge < -0.3 is 15.5 Å². The number of rotatable bonds is 9. The van der Waals surface area contributed by atoms with E-state index in [2.05, 4.69) is 60.8 Å². The number of carbonyl (C=O) groups excluding carboxylic acids is 1. The second kappa shape index (κ2) is 11.6. The SMILES string of the molecule is CC(Nc1nc(C(=O)NCC2CCN(CCc3ccccc3)CC2)c2sccc2n1)c1ccccn1. The molecule has 1 aliphatic rings. The Hall–Kier alpha value is -3.36. The normalized spacial score (nSPS) is 15.6. The molecule has 8 heteroatoms. The Labute approximate surface area is 216 Å². The Morgan fingerprint density at radius 1 is 1.08 bits per heavy atom. The fraction of sp³-hybridized carbons (Fsp3) is 0.357. The first kappa shape index (κ1) is 24.3. The molecule has 0 bridgehead atoms. The lowest BCUT2D eigenvalue weighted by atomic mass is 9.96. The van der Waals surface area contributed by atoms with Crippen LogP contribution < -0.4 is 10.6 Å². The number of hydrogen-bond acceptors (Lipinski definition) is 7. The molecule has 1 aliphatic heterocycles. The molecule has 0 radical (unpaired) electrons. The number of aromatic nitrogens is 3. The van der Waals surface area contributed by atoms with Gasteiger partial charge >= 0.3 is 0 Å². The van der Waals surface area contributed by atoms with E-state index in [1.54, 1.807) is 6.20 Å². The number of hydrogen-bond donors (Lipinski definition) is 2. The minimum atomic E-state index is -0.134. The van der Waals surface area contributed by atoms with Crippen LogP contribution in [-0.2, 0) is 6.42 Å². The number of benzene rings is 1. The maximum absolute atomic E-state index is 13.2. The van der Waals surface area contributed by atoms with E-state index >= 15 is 0 Å². The minimum Gasteiger partial charge on any atom is -0.350 e. The van der Waals surface area contributed by atoms with E-state index in [1.807, 2.05) is 36.6 Å². The van der Waals surface area contributed by atoms with Gasteiger partial charge in [0.05, 0.1) is 22.0 Å². The van der Waals surface area contributed by atoms with E-state index in [1.165, 1.54) is 16.9 Å². The van der Waals surface area contributed by atoms with Gasteiger partial charge in [0.25, 0.3) is 5.91 Å². The summed E-state index contributed by atoms with van der Waals surface area (Å²) in [6.07, 6.45) is 5.05. The minimum absolute atomic E-state index is 0.0785. The molecule has 3 aromatic heterocycles. The average Bonchev–Trinajstić information content (AvgIpc) is 3.40. The number of piperidine rings is 1. The van der Waals surface area contributed by atoms with Crippen LogP contribution in [0.25, 0.3) is 10.2 Å². The highest BCUT2D eigenvalue weighted by atomic mass is 32.1. The van der Waals surface area contributed by atoms with E-state index < -0.39 is 0 Å². The van der Waals surface area contributed by atoms with Crippen LogP contribution in [-0.4, -0.2) is 51.9 Å². The fourth-order valence-electron chi connectivity index (χ4n) is 4.65. The zero-order valence-electron chi connectivity index (χ0n) is 20.6. The third-order valence-corrected chi connectivity index (χ3v) is 7.72. The molecule has 1 aromatic carbocycles. The Bertz CT molecular complexity index is 1270.